The van der Waals surface area contributed by atoms with Crippen molar-refractivity contribution in [1.29, 1.82) is 0 Å². The molecule has 3 rings (SSSR count). The minimum Gasteiger partial charge on any atom is -0.494 e. The van der Waals surface area contributed by atoms with Crippen molar-refractivity contribution in [3.63, 3.8) is 0 Å². The average molecular weight is 364 g/mol. The first-order chi connectivity index (χ1) is 13.2. The van der Waals surface area contributed by atoms with Gasteiger partial charge in [0.25, 0.3) is 0 Å². The number of nitrogens with zero attached hydrogens (tertiary/aromatic N) is 3. The van der Waals surface area contributed by atoms with E-state index in [0.29, 0.717) is 19.7 Å². The van der Waals surface area contributed by atoms with E-state index in [1.165, 1.54) is 0 Å². The highest BCUT2D eigenvalue weighted by Crippen LogP contribution is 2.12. The van der Waals surface area contributed by atoms with Gasteiger partial charge in [0.15, 0.2) is 0 Å². The van der Waals surface area contributed by atoms with Crippen LogP contribution in [0.15, 0.2) is 73.1 Å². The van der Waals surface area contributed by atoms with Gasteiger partial charge in [0.1, 0.15) is 5.75 Å². The molecule has 1 N–H and O–H groups in total. The molecule has 6 heteroatoms. The second kappa shape index (κ2) is 9.43. The summed E-state index contributed by atoms with van der Waals surface area (Å²) in [5.41, 5.74) is 1.90. The molecule has 0 aliphatic rings. The Labute approximate surface area is 159 Å². The van der Waals surface area contributed by atoms with Crippen molar-refractivity contribution in [2.24, 2.45) is 0 Å². The summed E-state index contributed by atoms with van der Waals surface area (Å²) in [7, 11) is 1.78. The van der Waals surface area contributed by atoms with E-state index < -0.39 is 0 Å². The number of ether oxygens (including phenoxy) is 1. The van der Waals surface area contributed by atoms with E-state index in [2.05, 4.69) is 10.4 Å². The number of amides is 2. The maximum Gasteiger partial charge on any atom is 0.321 e. The average Bonchev–Trinajstić information content (AvgIpc) is 3.20. The first-order valence-electron chi connectivity index (χ1n) is 8.97. The standard InChI is InChI=1S/C21H24N4O2/c1-24(14-6-16-27-20-7-3-2-4-8-20)21(26)23-19-11-9-18(10-12-19)17-25-15-5-13-22-25/h2-5,7-13,15H,6,14,16-17H2,1H3,(H,23,26). The van der Waals surface area contributed by atoms with E-state index in [1.807, 2.05) is 71.5 Å². The molecule has 2 amide bonds. The van der Waals surface area contributed by atoms with E-state index in [4.69, 9.17) is 4.74 Å². The molecule has 0 saturated carbocycles. The largest absolute Gasteiger partial charge is 0.494 e. The lowest BCUT2D eigenvalue weighted by atomic mass is 10.2. The number of para-hydroxylation sites is 1. The summed E-state index contributed by atoms with van der Waals surface area (Å²) < 4.78 is 7.51. The smallest absolute Gasteiger partial charge is 0.321 e. The van der Waals surface area contributed by atoms with Crippen molar-refractivity contribution in [3.8, 4) is 5.75 Å². The summed E-state index contributed by atoms with van der Waals surface area (Å²) in [5, 5.41) is 7.10. The molecule has 0 fully saturated rings. The number of benzene rings is 2. The lowest BCUT2D eigenvalue weighted by Crippen LogP contribution is -2.32. The summed E-state index contributed by atoms with van der Waals surface area (Å²) in [6, 6.07) is 19.2. The molecule has 6 nitrogen and oxygen atoms in total. The van der Waals surface area contributed by atoms with Crippen LogP contribution in [0.5, 0.6) is 5.75 Å². The quantitative estimate of drug-likeness (QED) is 0.618. The van der Waals surface area contributed by atoms with Crippen LogP contribution in [0.1, 0.15) is 12.0 Å². The van der Waals surface area contributed by atoms with Crippen LogP contribution in [0, 0.1) is 0 Å². The molecule has 0 saturated heterocycles. The number of hydrogen-bond donors (Lipinski definition) is 1. The van der Waals surface area contributed by atoms with Crippen LogP contribution < -0.4 is 10.1 Å². The molecule has 0 bridgehead atoms. The molecule has 3 aromatic rings. The lowest BCUT2D eigenvalue weighted by Gasteiger charge is -2.18. The van der Waals surface area contributed by atoms with Crippen molar-refractivity contribution in [1.82, 2.24) is 14.7 Å². The van der Waals surface area contributed by atoms with E-state index in [9.17, 15) is 4.79 Å². The van der Waals surface area contributed by atoms with Crippen LogP contribution in [0.3, 0.4) is 0 Å². The van der Waals surface area contributed by atoms with E-state index in [-0.39, 0.29) is 6.03 Å². The second-order valence-corrected chi connectivity index (χ2v) is 6.27. The summed E-state index contributed by atoms with van der Waals surface area (Å²) in [5.74, 6) is 0.847. The van der Waals surface area contributed by atoms with Gasteiger partial charge in [-0.15, -0.1) is 0 Å². The maximum absolute atomic E-state index is 12.3. The third-order valence-corrected chi connectivity index (χ3v) is 4.11. The van der Waals surface area contributed by atoms with E-state index in [1.54, 1.807) is 18.1 Å². The Morgan fingerprint density at radius 1 is 1.11 bits per heavy atom. The summed E-state index contributed by atoms with van der Waals surface area (Å²) in [4.78, 5) is 13.9. The van der Waals surface area contributed by atoms with Gasteiger partial charge in [0, 0.05) is 31.7 Å². The number of carbonyl (C=O) groups excluding carboxylic acids is 1. The maximum atomic E-state index is 12.3. The van der Waals surface area contributed by atoms with Gasteiger partial charge in [-0.3, -0.25) is 4.68 Å². The van der Waals surface area contributed by atoms with E-state index >= 15 is 0 Å². The minimum atomic E-state index is -0.130. The number of aromatic nitrogens is 2. The Balaban J connectivity index is 1.39. The fraction of sp³-hybridized carbons (Fsp3) is 0.238. The van der Waals surface area contributed by atoms with Gasteiger partial charge in [-0.05, 0) is 42.3 Å². The predicted molar refractivity (Wildman–Crippen MR) is 106 cm³/mol. The monoisotopic (exact) mass is 364 g/mol. The lowest BCUT2D eigenvalue weighted by molar-refractivity contribution is 0.216. The Hall–Kier alpha value is -3.28. The van der Waals surface area contributed by atoms with Crippen LogP contribution in [0.4, 0.5) is 10.5 Å². The van der Waals surface area contributed by atoms with Gasteiger partial charge in [-0.2, -0.15) is 5.10 Å². The van der Waals surface area contributed by atoms with E-state index in [0.717, 1.165) is 23.4 Å². The van der Waals surface area contributed by atoms with Crippen molar-refractivity contribution in [2.45, 2.75) is 13.0 Å². The molecule has 0 aliphatic carbocycles. The highest BCUT2D eigenvalue weighted by Gasteiger charge is 2.08. The van der Waals surface area contributed by atoms with Crippen LogP contribution in [0.25, 0.3) is 0 Å². The van der Waals surface area contributed by atoms with Crippen molar-refractivity contribution < 1.29 is 9.53 Å². The highest BCUT2D eigenvalue weighted by atomic mass is 16.5. The number of carbonyl (C=O) groups is 1. The predicted octanol–water partition coefficient (Wildman–Crippen LogP) is 3.86. The fourth-order valence-corrected chi connectivity index (χ4v) is 2.60. The topological polar surface area (TPSA) is 59.4 Å². The SMILES string of the molecule is CN(CCCOc1ccccc1)C(=O)Nc1ccc(Cn2cccn2)cc1. The molecule has 0 unspecified atom stereocenters. The van der Waals surface area contributed by atoms with Gasteiger partial charge < -0.3 is 15.0 Å². The first-order valence-corrected chi connectivity index (χ1v) is 8.97. The van der Waals surface area contributed by atoms with Crippen LogP contribution >= 0.6 is 0 Å². The van der Waals surface area contributed by atoms with Gasteiger partial charge in [-0.1, -0.05) is 30.3 Å². The second-order valence-electron chi connectivity index (χ2n) is 6.27. The molecule has 0 aliphatic heterocycles. The number of rotatable bonds is 8. The third-order valence-electron chi connectivity index (χ3n) is 4.11. The van der Waals surface area contributed by atoms with Crippen LogP contribution in [-0.4, -0.2) is 40.9 Å². The zero-order chi connectivity index (χ0) is 18.9. The van der Waals surface area contributed by atoms with Gasteiger partial charge in [0.2, 0.25) is 0 Å². The van der Waals surface area contributed by atoms with Gasteiger partial charge >= 0.3 is 6.03 Å². The molecular weight excluding hydrogens is 340 g/mol. The number of hydrogen-bond acceptors (Lipinski definition) is 3. The fourth-order valence-electron chi connectivity index (χ4n) is 2.60. The molecule has 0 atom stereocenters. The Morgan fingerprint density at radius 3 is 2.59 bits per heavy atom. The number of anilines is 1. The van der Waals surface area contributed by atoms with Gasteiger partial charge in [0.05, 0.1) is 13.2 Å². The Kier molecular flexibility index (Phi) is 6.46. The minimum absolute atomic E-state index is 0.130. The number of urea groups is 1. The summed E-state index contributed by atoms with van der Waals surface area (Å²) in [6.07, 6.45) is 4.45. The highest BCUT2D eigenvalue weighted by molar-refractivity contribution is 5.89. The third kappa shape index (κ3) is 5.88. The molecule has 2 aromatic carbocycles. The Morgan fingerprint density at radius 2 is 1.89 bits per heavy atom. The van der Waals surface area contributed by atoms with Gasteiger partial charge in [-0.25, -0.2) is 4.79 Å². The zero-order valence-corrected chi connectivity index (χ0v) is 15.4. The zero-order valence-electron chi connectivity index (χ0n) is 15.4. The molecule has 1 aromatic heterocycles. The summed E-state index contributed by atoms with van der Waals surface area (Å²) >= 11 is 0. The summed E-state index contributed by atoms with van der Waals surface area (Å²) in [6.45, 7) is 1.91. The Bertz CT molecular complexity index is 817. The molecule has 0 spiro atoms. The molecule has 27 heavy (non-hydrogen) atoms. The van der Waals surface area contributed by atoms with Crippen LogP contribution in [0.2, 0.25) is 0 Å². The normalized spacial score (nSPS) is 10.4. The molecule has 1 heterocycles. The number of nitrogens with one attached hydrogen (secondary N) is 1. The van der Waals surface area contributed by atoms with Crippen LogP contribution in [-0.2, 0) is 6.54 Å². The molecular formula is C21H24N4O2. The first kappa shape index (κ1) is 18.5. The van der Waals surface area contributed by atoms with Crippen molar-refractivity contribution in [2.75, 3.05) is 25.5 Å². The molecule has 140 valence electrons. The molecule has 0 radical (unpaired) electrons. The van der Waals surface area contributed by atoms with Crippen molar-refractivity contribution in [3.05, 3.63) is 78.6 Å². The van der Waals surface area contributed by atoms with Crippen molar-refractivity contribution >= 4 is 11.7 Å².